The number of piperidine rings is 1. The van der Waals surface area contributed by atoms with Crippen molar-refractivity contribution < 1.29 is 14.0 Å². The molecule has 0 aromatic carbocycles. The number of aryl methyl sites for hydroxylation is 1. The van der Waals surface area contributed by atoms with Crippen molar-refractivity contribution in [3.05, 3.63) is 30.2 Å². The fraction of sp³-hybridized carbons (Fsp3) is 0.389. The smallest absolute Gasteiger partial charge is 0.314 e. The van der Waals surface area contributed by atoms with Crippen molar-refractivity contribution in [2.24, 2.45) is 5.92 Å². The van der Waals surface area contributed by atoms with Crippen LogP contribution in [-0.4, -0.2) is 43.4 Å². The predicted molar refractivity (Wildman–Crippen MR) is 101 cm³/mol. The van der Waals surface area contributed by atoms with Crippen molar-refractivity contribution in [2.75, 3.05) is 17.6 Å². The molecule has 0 aliphatic carbocycles. The molecular weight excluding hydrogens is 362 g/mol. The van der Waals surface area contributed by atoms with E-state index in [2.05, 4.69) is 32.4 Å². The number of rotatable bonds is 2. The number of aromatic amines is 1. The number of pyridine rings is 1. The number of H-pyrrole nitrogens is 1. The third-order valence-corrected chi connectivity index (χ3v) is 5.01. The van der Waals surface area contributed by atoms with Crippen molar-refractivity contribution in [1.29, 1.82) is 0 Å². The van der Waals surface area contributed by atoms with Gasteiger partial charge in [-0.2, -0.15) is 5.10 Å². The molecule has 1 aliphatic heterocycles. The van der Waals surface area contributed by atoms with E-state index >= 15 is 0 Å². The van der Waals surface area contributed by atoms with Crippen LogP contribution in [0.25, 0.3) is 10.9 Å². The van der Waals surface area contributed by atoms with Crippen LogP contribution in [0.5, 0.6) is 0 Å². The number of anilines is 2. The van der Waals surface area contributed by atoms with Gasteiger partial charge in [0.25, 0.3) is 0 Å². The number of carbonyl (C=O) groups is 2. The van der Waals surface area contributed by atoms with Crippen LogP contribution in [0.2, 0.25) is 0 Å². The first-order chi connectivity index (χ1) is 13.4. The van der Waals surface area contributed by atoms with Crippen LogP contribution in [0.3, 0.4) is 0 Å². The maximum absolute atomic E-state index is 13.0. The number of fused-ring (bicyclic) bond motifs is 1. The van der Waals surface area contributed by atoms with Crippen molar-refractivity contribution >= 4 is 34.2 Å². The third kappa shape index (κ3) is 3.17. The first-order valence-corrected chi connectivity index (χ1v) is 9.06. The van der Waals surface area contributed by atoms with Gasteiger partial charge in [0.1, 0.15) is 11.6 Å². The lowest BCUT2D eigenvalue weighted by Gasteiger charge is -2.36. The fourth-order valence-corrected chi connectivity index (χ4v) is 3.56. The average Bonchev–Trinajstić information content (AvgIpc) is 3.33. The Labute approximate surface area is 160 Å². The Bertz CT molecular complexity index is 1040. The summed E-state index contributed by atoms with van der Waals surface area (Å²) in [4.78, 5) is 35.4. The summed E-state index contributed by atoms with van der Waals surface area (Å²) in [5.74, 6) is 0.317. The van der Waals surface area contributed by atoms with Crippen LogP contribution in [0.1, 0.15) is 37.5 Å². The van der Waals surface area contributed by atoms with Gasteiger partial charge in [-0.05, 0) is 18.8 Å². The zero-order chi connectivity index (χ0) is 19.8. The van der Waals surface area contributed by atoms with Gasteiger partial charge in [0.2, 0.25) is 0 Å². The van der Waals surface area contributed by atoms with Crippen LogP contribution in [0.15, 0.2) is 23.0 Å². The summed E-state index contributed by atoms with van der Waals surface area (Å²) >= 11 is 0. The fourth-order valence-electron chi connectivity index (χ4n) is 3.56. The number of nitrogens with one attached hydrogen (secondary N) is 2. The number of likely N-dealkylation sites (tertiary alicyclic amines) is 1. The Hall–Kier alpha value is -3.43. The molecule has 1 fully saturated rings. The van der Waals surface area contributed by atoms with Crippen molar-refractivity contribution in [2.45, 2.75) is 32.7 Å². The number of oxazole rings is 1. The molecule has 1 saturated heterocycles. The molecule has 0 bridgehead atoms. The van der Waals surface area contributed by atoms with E-state index in [4.69, 9.17) is 10.2 Å². The second kappa shape index (κ2) is 6.95. The first-order valence-electron chi connectivity index (χ1n) is 9.06. The number of nitrogen functional groups attached to an aromatic ring is 1. The quantitative estimate of drug-likeness (QED) is 0.572. The highest BCUT2D eigenvalue weighted by molar-refractivity contribution is 6.40. The number of hydrogen-bond acceptors (Lipinski definition) is 7. The van der Waals surface area contributed by atoms with Gasteiger partial charge in [0.05, 0.1) is 41.2 Å². The van der Waals surface area contributed by atoms with Crippen LogP contribution >= 0.6 is 0 Å². The Kier molecular flexibility index (Phi) is 4.46. The molecule has 0 unspecified atom stereocenters. The number of hydrogen-bond donors (Lipinski definition) is 3. The van der Waals surface area contributed by atoms with E-state index < -0.39 is 11.8 Å². The number of amides is 2. The van der Waals surface area contributed by atoms with Crippen LogP contribution in [0, 0.1) is 12.8 Å². The molecule has 3 aromatic heterocycles. The minimum Gasteiger partial charge on any atom is -0.444 e. The molecule has 10 nitrogen and oxygen atoms in total. The molecule has 2 amide bonds. The molecule has 4 heterocycles. The largest absolute Gasteiger partial charge is 0.444 e. The average molecular weight is 383 g/mol. The highest BCUT2D eigenvalue weighted by Gasteiger charge is 2.36. The van der Waals surface area contributed by atoms with Gasteiger partial charge in [-0.3, -0.25) is 14.7 Å². The summed E-state index contributed by atoms with van der Waals surface area (Å²) in [5, 5.41) is 9.88. The maximum Gasteiger partial charge on any atom is 0.314 e. The highest BCUT2D eigenvalue weighted by atomic mass is 16.4. The predicted octanol–water partition coefficient (Wildman–Crippen LogP) is 1.77. The second-order valence-electron chi connectivity index (χ2n) is 7.11. The van der Waals surface area contributed by atoms with Crippen molar-refractivity contribution in [3.8, 4) is 0 Å². The first kappa shape index (κ1) is 18.0. The molecule has 4 N–H and O–H groups in total. The number of carbonyl (C=O) groups excluding carboxylic acids is 2. The van der Waals surface area contributed by atoms with Gasteiger partial charge in [-0.1, -0.05) is 6.92 Å². The Morgan fingerprint density at radius 1 is 1.29 bits per heavy atom. The molecule has 0 radical (unpaired) electrons. The van der Waals surface area contributed by atoms with Crippen LogP contribution in [0.4, 0.5) is 11.5 Å². The second-order valence-corrected chi connectivity index (χ2v) is 7.11. The number of nitrogens with zero attached hydrogens (tertiary/aromatic N) is 4. The summed E-state index contributed by atoms with van der Waals surface area (Å²) in [6.45, 7) is 4.27. The Morgan fingerprint density at radius 3 is 2.86 bits per heavy atom. The maximum atomic E-state index is 13.0. The third-order valence-electron chi connectivity index (χ3n) is 5.01. The van der Waals surface area contributed by atoms with E-state index in [1.807, 2.05) is 0 Å². The molecule has 1 aliphatic rings. The Morgan fingerprint density at radius 2 is 2.11 bits per heavy atom. The molecule has 0 spiro atoms. The normalized spacial score (nSPS) is 19.7. The van der Waals surface area contributed by atoms with Crippen LogP contribution in [-0.2, 0) is 9.59 Å². The lowest BCUT2D eigenvalue weighted by atomic mass is 9.93. The molecule has 3 aromatic rings. The highest BCUT2D eigenvalue weighted by Crippen LogP contribution is 2.34. The van der Waals surface area contributed by atoms with E-state index in [1.54, 1.807) is 18.0 Å². The Balaban J connectivity index is 1.58. The monoisotopic (exact) mass is 383 g/mol. The molecule has 0 saturated carbocycles. The summed E-state index contributed by atoms with van der Waals surface area (Å²) in [7, 11) is 0. The topological polar surface area (TPSA) is 143 Å². The summed E-state index contributed by atoms with van der Waals surface area (Å²) in [5.41, 5.74) is 6.66. The minimum atomic E-state index is -0.752. The van der Waals surface area contributed by atoms with Crippen molar-refractivity contribution in [1.82, 2.24) is 25.1 Å². The van der Waals surface area contributed by atoms with Gasteiger partial charge in [-0.25, -0.2) is 9.97 Å². The molecule has 10 heteroatoms. The molecule has 146 valence electrons. The van der Waals surface area contributed by atoms with E-state index in [1.165, 1.54) is 12.4 Å². The number of nitrogens with two attached hydrogens (primary N) is 1. The van der Waals surface area contributed by atoms with Gasteiger partial charge >= 0.3 is 11.8 Å². The number of aromatic nitrogens is 4. The standard InChI is InChI=1S/C18H21N7O3/c1-9-3-4-13(14-7-20-10(2)28-14)25(8-9)18(27)17(26)23-12-6-21-16(19)11-5-22-24-15(11)12/h5-7,9,13H,3-4,8H2,1-2H3,(H2,19,21)(H,22,24)(H,23,26)/t9-,13+/m0/s1. The van der Waals surface area contributed by atoms with Crippen LogP contribution < -0.4 is 11.1 Å². The summed E-state index contributed by atoms with van der Waals surface area (Å²) in [6.07, 6.45) is 6.18. The SMILES string of the molecule is Cc1ncc([C@H]2CC[C@H](C)CN2C(=O)C(=O)Nc2cnc(N)c3cn[nH]c23)o1. The van der Waals surface area contributed by atoms with E-state index in [-0.39, 0.29) is 12.0 Å². The molecule has 2 atom stereocenters. The van der Waals surface area contributed by atoms with Gasteiger partial charge in [0.15, 0.2) is 5.89 Å². The molecular formula is C18H21N7O3. The lowest BCUT2D eigenvalue weighted by Crippen LogP contribution is -2.46. The van der Waals surface area contributed by atoms with Gasteiger partial charge in [0, 0.05) is 13.5 Å². The zero-order valence-corrected chi connectivity index (χ0v) is 15.6. The van der Waals surface area contributed by atoms with Crippen molar-refractivity contribution in [3.63, 3.8) is 0 Å². The van der Waals surface area contributed by atoms with E-state index in [0.717, 1.165) is 6.42 Å². The van der Waals surface area contributed by atoms with Gasteiger partial charge in [-0.15, -0.1) is 0 Å². The molecule has 28 heavy (non-hydrogen) atoms. The van der Waals surface area contributed by atoms with E-state index in [0.29, 0.717) is 47.0 Å². The molecule has 4 rings (SSSR count). The zero-order valence-electron chi connectivity index (χ0n) is 15.6. The van der Waals surface area contributed by atoms with Gasteiger partial charge < -0.3 is 20.4 Å². The van der Waals surface area contributed by atoms with E-state index in [9.17, 15) is 9.59 Å². The lowest BCUT2D eigenvalue weighted by molar-refractivity contribution is -0.147. The minimum absolute atomic E-state index is 0.287. The summed E-state index contributed by atoms with van der Waals surface area (Å²) in [6, 6.07) is -0.313. The summed E-state index contributed by atoms with van der Waals surface area (Å²) < 4.78 is 5.62.